The van der Waals surface area contributed by atoms with E-state index in [4.69, 9.17) is 16.7 Å². The highest BCUT2D eigenvalue weighted by Gasteiger charge is 2.21. The third kappa shape index (κ3) is 3.30. The van der Waals surface area contributed by atoms with Crippen molar-refractivity contribution in [2.75, 3.05) is 11.9 Å². The third-order valence-electron chi connectivity index (χ3n) is 2.43. The van der Waals surface area contributed by atoms with Crippen molar-refractivity contribution in [3.63, 3.8) is 0 Å². The lowest BCUT2D eigenvalue weighted by molar-refractivity contribution is -0.124. The number of carbonyl (C=O) groups is 2. The number of benzene rings is 1. The summed E-state index contributed by atoms with van der Waals surface area (Å²) < 4.78 is 0. The number of nitrogens with zero attached hydrogens (tertiary/aromatic N) is 2. The lowest BCUT2D eigenvalue weighted by Gasteiger charge is -2.20. The maximum Gasteiger partial charge on any atom is 0.244 e. The molecule has 0 saturated carbocycles. The maximum absolute atomic E-state index is 11.9. The Balaban J connectivity index is 2.86. The smallest absolute Gasteiger partial charge is 0.244 e. The Labute approximate surface area is 105 Å². The van der Waals surface area contributed by atoms with Crippen LogP contribution in [-0.4, -0.2) is 24.9 Å². The number of primary amides is 1. The van der Waals surface area contributed by atoms with Crippen LogP contribution in [0.2, 0.25) is 0 Å². The first kappa shape index (κ1) is 13.7. The van der Waals surface area contributed by atoms with Gasteiger partial charge in [-0.3, -0.25) is 9.59 Å². The molecular formula is C12H14N4O2. The number of likely N-dealkylation sites (N-methyl/N-ethyl adjacent to an activating group) is 1. The zero-order chi connectivity index (χ0) is 13.7. The second-order valence-corrected chi connectivity index (χ2v) is 3.84. The molecule has 0 aliphatic rings. The summed E-state index contributed by atoms with van der Waals surface area (Å²) in [5.74, 6) is -1.06. The minimum Gasteiger partial charge on any atom is -0.370 e. The molecule has 2 amide bonds. The van der Waals surface area contributed by atoms with E-state index in [2.05, 4.69) is 0 Å². The summed E-state index contributed by atoms with van der Waals surface area (Å²) >= 11 is 0. The van der Waals surface area contributed by atoms with E-state index in [1.807, 2.05) is 6.07 Å². The molecule has 0 heterocycles. The zero-order valence-electron chi connectivity index (χ0n) is 9.96. The fourth-order valence-electron chi connectivity index (χ4n) is 1.46. The molecule has 1 aromatic carbocycles. The number of hydrogen-bond acceptors (Lipinski definition) is 4. The minimum atomic E-state index is -0.974. The number of amides is 2. The molecule has 1 unspecified atom stereocenters. The van der Waals surface area contributed by atoms with Crippen LogP contribution >= 0.6 is 0 Å². The molecule has 0 aliphatic carbocycles. The summed E-state index contributed by atoms with van der Waals surface area (Å²) in [6, 6.07) is 7.54. The second-order valence-electron chi connectivity index (χ2n) is 3.84. The largest absolute Gasteiger partial charge is 0.370 e. The SMILES string of the molecule is CN(C(=O)C(N)CC(N)=O)c1cccc(C#N)c1. The molecule has 1 aromatic rings. The van der Waals surface area contributed by atoms with Gasteiger partial charge in [0.05, 0.1) is 24.1 Å². The van der Waals surface area contributed by atoms with Gasteiger partial charge in [-0.25, -0.2) is 0 Å². The molecule has 6 heteroatoms. The summed E-state index contributed by atoms with van der Waals surface area (Å²) in [5.41, 5.74) is 11.5. The molecule has 0 aliphatic heterocycles. The van der Waals surface area contributed by atoms with Crippen molar-refractivity contribution in [3.8, 4) is 6.07 Å². The fourth-order valence-corrected chi connectivity index (χ4v) is 1.46. The van der Waals surface area contributed by atoms with Gasteiger partial charge in [0.2, 0.25) is 11.8 Å². The Kier molecular flexibility index (Phi) is 4.40. The molecule has 4 N–H and O–H groups in total. The van der Waals surface area contributed by atoms with Crippen molar-refractivity contribution >= 4 is 17.5 Å². The van der Waals surface area contributed by atoms with Gasteiger partial charge in [0.15, 0.2) is 0 Å². The molecule has 0 saturated heterocycles. The number of nitrogens with two attached hydrogens (primary N) is 2. The molecule has 0 bridgehead atoms. The van der Waals surface area contributed by atoms with E-state index in [9.17, 15) is 9.59 Å². The zero-order valence-corrected chi connectivity index (χ0v) is 9.96. The lowest BCUT2D eigenvalue weighted by atomic mass is 10.1. The molecule has 6 nitrogen and oxygen atoms in total. The highest BCUT2D eigenvalue weighted by molar-refractivity contribution is 5.98. The van der Waals surface area contributed by atoms with Crippen molar-refractivity contribution in [1.82, 2.24) is 0 Å². The molecule has 18 heavy (non-hydrogen) atoms. The van der Waals surface area contributed by atoms with Crippen molar-refractivity contribution in [2.45, 2.75) is 12.5 Å². The predicted molar refractivity (Wildman–Crippen MR) is 66.4 cm³/mol. The molecule has 0 aromatic heterocycles. The monoisotopic (exact) mass is 246 g/mol. The molecule has 94 valence electrons. The molecule has 0 spiro atoms. The molecule has 0 radical (unpaired) electrons. The van der Waals surface area contributed by atoms with Gasteiger partial charge in [0.1, 0.15) is 0 Å². The van der Waals surface area contributed by atoms with Gasteiger partial charge < -0.3 is 16.4 Å². The Morgan fingerprint density at radius 2 is 2.17 bits per heavy atom. The topological polar surface area (TPSA) is 113 Å². The highest BCUT2D eigenvalue weighted by atomic mass is 16.2. The van der Waals surface area contributed by atoms with Crippen molar-refractivity contribution in [3.05, 3.63) is 29.8 Å². The predicted octanol–water partition coefficient (Wildman–Crippen LogP) is -0.276. The molecular weight excluding hydrogens is 232 g/mol. The van der Waals surface area contributed by atoms with Gasteiger partial charge in [0, 0.05) is 12.7 Å². The summed E-state index contributed by atoms with van der Waals surface area (Å²) in [4.78, 5) is 23.9. The molecule has 0 fully saturated rings. The van der Waals surface area contributed by atoms with Crippen molar-refractivity contribution < 1.29 is 9.59 Å². The van der Waals surface area contributed by atoms with Crippen LogP contribution < -0.4 is 16.4 Å². The quantitative estimate of drug-likeness (QED) is 0.760. The Morgan fingerprint density at radius 1 is 1.50 bits per heavy atom. The second kappa shape index (κ2) is 5.80. The van der Waals surface area contributed by atoms with Crippen molar-refractivity contribution in [1.29, 1.82) is 5.26 Å². The maximum atomic E-state index is 11.9. The normalized spacial score (nSPS) is 11.4. The summed E-state index contributed by atoms with van der Waals surface area (Å²) in [6.07, 6.45) is -0.207. The van der Waals surface area contributed by atoms with E-state index in [-0.39, 0.29) is 6.42 Å². The fraction of sp³-hybridized carbons (Fsp3) is 0.250. The number of anilines is 1. The molecule has 1 rings (SSSR count). The van der Waals surface area contributed by atoms with Crippen LogP contribution in [0.25, 0.3) is 0 Å². The van der Waals surface area contributed by atoms with E-state index < -0.39 is 17.9 Å². The van der Waals surface area contributed by atoms with E-state index in [0.29, 0.717) is 11.3 Å². The van der Waals surface area contributed by atoms with Gasteiger partial charge in [0.25, 0.3) is 0 Å². The Morgan fingerprint density at radius 3 is 2.72 bits per heavy atom. The van der Waals surface area contributed by atoms with Gasteiger partial charge in [-0.1, -0.05) is 6.07 Å². The lowest BCUT2D eigenvalue weighted by Crippen LogP contribution is -2.44. The third-order valence-corrected chi connectivity index (χ3v) is 2.43. The summed E-state index contributed by atoms with van der Waals surface area (Å²) in [5, 5.41) is 8.77. The Bertz CT molecular complexity index is 507. The van der Waals surface area contributed by atoms with E-state index in [1.54, 1.807) is 24.3 Å². The van der Waals surface area contributed by atoms with Crippen LogP contribution in [0.3, 0.4) is 0 Å². The first-order valence-corrected chi connectivity index (χ1v) is 5.27. The number of nitriles is 1. The number of hydrogen-bond donors (Lipinski definition) is 2. The van der Waals surface area contributed by atoms with E-state index >= 15 is 0 Å². The van der Waals surface area contributed by atoms with E-state index in [0.717, 1.165) is 0 Å². The first-order chi connectivity index (χ1) is 8.45. The standard InChI is InChI=1S/C12H14N4O2/c1-16(12(18)10(14)6-11(15)17)9-4-2-3-8(5-9)7-13/h2-5,10H,6,14H2,1H3,(H2,15,17). The number of carbonyl (C=O) groups excluding carboxylic acids is 2. The Hall–Kier alpha value is -2.39. The molecule has 1 atom stereocenters. The van der Waals surface area contributed by atoms with Crippen LogP contribution in [0.1, 0.15) is 12.0 Å². The number of rotatable bonds is 4. The average Bonchev–Trinajstić information content (AvgIpc) is 2.36. The van der Waals surface area contributed by atoms with Crippen LogP contribution in [-0.2, 0) is 9.59 Å². The average molecular weight is 246 g/mol. The first-order valence-electron chi connectivity index (χ1n) is 5.27. The van der Waals surface area contributed by atoms with Gasteiger partial charge >= 0.3 is 0 Å². The van der Waals surface area contributed by atoms with Crippen LogP contribution in [0.15, 0.2) is 24.3 Å². The van der Waals surface area contributed by atoms with Crippen LogP contribution in [0, 0.1) is 11.3 Å². The van der Waals surface area contributed by atoms with Crippen LogP contribution in [0.5, 0.6) is 0 Å². The van der Waals surface area contributed by atoms with Gasteiger partial charge in [-0.2, -0.15) is 5.26 Å². The van der Waals surface area contributed by atoms with E-state index in [1.165, 1.54) is 11.9 Å². The van der Waals surface area contributed by atoms with Crippen molar-refractivity contribution in [2.24, 2.45) is 11.5 Å². The summed E-state index contributed by atoms with van der Waals surface area (Å²) in [7, 11) is 1.53. The van der Waals surface area contributed by atoms with Crippen LogP contribution in [0.4, 0.5) is 5.69 Å². The van der Waals surface area contributed by atoms with Gasteiger partial charge in [-0.15, -0.1) is 0 Å². The summed E-state index contributed by atoms with van der Waals surface area (Å²) in [6.45, 7) is 0. The minimum absolute atomic E-state index is 0.207. The highest BCUT2D eigenvalue weighted by Crippen LogP contribution is 2.15. The van der Waals surface area contributed by atoms with Gasteiger partial charge in [-0.05, 0) is 18.2 Å².